The predicted octanol–water partition coefficient (Wildman–Crippen LogP) is 3.63. The molecular weight excluding hydrogens is 504 g/mol. The number of likely N-dealkylation sites (tertiary alicyclic amines) is 1. The van der Waals surface area contributed by atoms with Crippen molar-refractivity contribution < 1.29 is 18.4 Å². The molecule has 3 unspecified atom stereocenters. The van der Waals surface area contributed by atoms with Crippen LogP contribution in [-0.4, -0.2) is 68.5 Å². The minimum Gasteiger partial charge on any atom is -0.354 e. The number of pyridine rings is 1. The number of amides is 2. The smallest absolute Gasteiger partial charge is 0.246 e. The summed E-state index contributed by atoms with van der Waals surface area (Å²) in [6.07, 6.45) is 0.0930. The Morgan fingerprint density at radius 1 is 1.13 bits per heavy atom. The molecule has 1 fully saturated rings. The molecule has 1 aliphatic heterocycles. The number of aromatic nitrogens is 4. The van der Waals surface area contributed by atoms with Crippen LogP contribution in [0.15, 0.2) is 48.7 Å². The minimum absolute atomic E-state index is 0.0526. The van der Waals surface area contributed by atoms with Crippen LogP contribution in [0.25, 0.3) is 0 Å². The van der Waals surface area contributed by atoms with E-state index < -0.39 is 36.0 Å². The second kappa shape index (κ2) is 12.3. The van der Waals surface area contributed by atoms with Gasteiger partial charge in [-0.1, -0.05) is 50.2 Å². The van der Waals surface area contributed by atoms with E-state index in [0.717, 1.165) is 13.1 Å². The second-order valence-electron chi connectivity index (χ2n) is 9.92. The van der Waals surface area contributed by atoms with Gasteiger partial charge < -0.3 is 15.1 Å². The average Bonchev–Trinajstić information content (AvgIpc) is 3.54. The van der Waals surface area contributed by atoms with Crippen LogP contribution in [-0.2, 0) is 16.1 Å². The summed E-state index contributed by atoms with van der Waals surface area (Å²) in [6, 6.07) is 10.6. The fourth-order valence-corrected chi connectivity index (χ4v) is 4.84. The number of nitrogens with zero attached hydrogens (tertiary/aromatic N) is 6. The first-order valence-corrected chi connectivity index (χ1v) is 13.3. The number of carbonyl (C=O) groups is 2. The molecule has 3 atom stereocenters. The van der Waals surface area contributed by atoms with Gasteiger partial charge >= 0.3 is 0 Å². The summed E-state index contributed by atoms with van der Waals surface area (Å²) >= 11 is 0. The van der Waals surface area contributed by atoms with E-state index in [1.54, 1.807) is 42.6 Å². The van der Waals surface area contributed by atoms with Gasteiger partial charge in [-0.15, -0.1) is 5.10 Å². The average molecular weight is 540 g/mol. The maximum absolute atomic E-state index is 14.8. The fourth-order valence-electron chi connectivity index (χ4n) is 4.84. The summed E-state index contributed by atoms with van der Waals surface area (Å²) < 4.78 is 29.4. The van der Waals surface area contributed by atoms with Crippen molar-refractivity contribution in [3.63, 3.8) is 0 Å². The van der Waals surface area contributed by atoms with Crippen LogP contribution in [0.3, 0.4) is 0 Å². The first kappa shape index (κ1) is 28.1. The lowest BCUT2D eigenvalue weighted by Crippen LogP contribution is -2.48. The zero-order chi connectivity index (χ0) is 28.1. The van der Waals surface area contributed by atoms with Gasteiger partial charge in [0.05, 0.1) is 24.5 Å². The summed E-state index contributed by atoms with van der Waals surface area (Å²) in [5.41, 5.74) is 1.47. The third kappa shape index (κ3) is 6.40. The third-order valence-electron chi connectivity index (χ3n) is 7.00. The van der Waals surface area contributed by atoms with Gasteiger partial charge in [-0.3, -0.25) is 9.59 Å². The van der Waals surface area contributed by atoms with Crippen molar-refractivity contribution >= 4 is 17.6 Å². The molecule has 1 aliphatic rings. The molecule has 0 spiro atoms. The van der Waals surface area contributed by atoms with E-state index >= 15 is 0 Å². The van der Waals surface area contributed by atoms with Crippen LogP contribution in [0, 0.1) is 5.95 Å². The van der Waals surface area contributed by atoms with Gasteiger partial charge in [0.15, 0.2) is 5.82 Å². The number of carbonyl (C=O) groups excluding carboxylic acids is 2. The summed E-state index contributed by atoms with van der Waals surface area (Å²) in [4.78, 5) is 35.3. The van der Waals surface area contributed by atoms with Crippen molar-refractivity contribution in [1.82, 2.24) is 30.2 Å². The van der Waals surface area contributed by atoms with Crippen molar-refractivity contribution in [1.29, 1.82) is 0 Å². The topological polar surface area (TPSA) is 96.2 Å². The van der Waals surface area contributed by atoms with Gasteiger partial charge in [-0.2, -0.15) is 14.3 Å². The van der Waals surface area contributed by atoms with Crippen LogP contribution in [0.5, 0.6) is 0 Å². The van der Waals surface area contributed by atoms with Crippen molar-refractivity contribution in [3.05, 3.63) is 71.4 Å². The van der Waals surface area contributed by atoms with E-state index in [2.05, 4.69) is 20.5 Å². The third-order valence-corrected chi connectivity index (χ3v) is 7.00. The molecule has 3 aromatic rings. The molecule has 0 radical (unpaired) electrons. The van der Waals surface area contributed by atoms with Crippen molar-refractivity contribution in [3.8, 4) is 0 Å². The molecule has 0 saturated carbocycles. The number of hydrogen-bond acceptors (Lipinski definition) is 6. The summed E-state index contributed by atoms with van der Waals surface area (Å²) in [6.45, 7) is 8.79. The molecule has 3 heterocycles. The van der Waals surface area contributed by atoms with Gasteiger partial charge in [-0.05, 0) is 31.4 Å². The van der Waals surface area contributed by atoms with Gasteiger partial charge in [-0.25, -0.2) is 9.37 Å². The molecular formula is C28H35F2N7O2. The van der Waals surface area contributed by atoms with Crippen LogP contribution < -0.4 is 10.2 Å². The quantitative estimate of drug-likeness (QED) is 0.396. The number of hydrogen-bond donors (Lipinski definition) is 1. The summed E-state index contributed by atoms with van der Waals surface area (Å²) in [5, 5.41) is 11.4. The van der Waals surface area contributed by atoms with Gasteiger partial charge in [0.25, 0.3) is 0 Å². The molecule has 0 aliphatic carbocycles. The monoisotopic (exact) mass is 539 g/mol. The largest absolute Gasteiger partial charge is 0.354 e. The molecule has 11 heteroatoms. The van der Waals surface area contributed by atoms with Crippen LogP contribution >= 0.6 is 0 Å². The van der Waals surface area contributed by atoms with E-state index in [9.17, 15) is 18.4 Å². The number of halogens is 2. The Balaban J connectivity index is 1.54. The minimum atomic E-state index is -1.35. The Morgan fingerprint density at radius 3 is 2.49 bits per heavy atom. The predicted molar refractivity (Wildman–Crippen MR) is 143 cm³/mol. The first-order valence-electron chi connectivity index (χ1n) is 13.3. The highest BCUT2D eigenvalue weighted by Crippen LogP contribution is 2.27. The Hall–Kier alpha value is -3.89. The molecule has 0 bridgehead atoms. The SMILES string of the molecule is CCN(CC)c1cnn(CC(=O)N2CC(F)CC2C(=O)NC(c2ccccc2)c2ccc(C(C)C)c(F)n2)n1. The van der Waals surface area contributed by atoms with Gasteiger partial charge in [0.2, 0.25) is 17.8 Å². The fraction of sp³-hybridized carbons (Fsp3) is 0.464. The molecule has 1 N–H and O–H groups in total. The molecule has 2 aromatic heterocycles. The van der Waals surface area contributed by atoms with Crippen LogP contribution in [0.1, 0.15) is 62.9 Å². The first-order chi connectivity index (χ1) is 18.7. The molecule has 208 valence electrons. The lowest BCUT2D eigenvalue weighted by atomic mass is 9.99. The maximum Gasteiger partial charge on any atom is 0.246 e. The molecule has 4 rings (SSSR count). The highest BCUT2D eigenvalue weighted by molar-refractivity contribution is 5.88. The Bertz CT molecular complexity index is 1280. The lowest BCUT2D eigenvalue weighted by Gasteiger charge is -2.26. The van der Waals surface area contributed by atoms with E-state index in [1.165, 1.54) is 9.70 Å². The number of rotatable bonds is 10. The zero-order valence-corrected chi connectivity index (χ0v) is 22.7. The van der Waals surface area contributed by atoms with Crippen molar-refractivity contribution in [2.24, 2.45) is 0 Å². The van der Waals surface area contributed by atoms with Crippen LogP contribution in [0.4, 0.5) is 14.6 Å². The summed E-state index contributed by atoms with van der Waals surface area (Å²) in [5.74, 6) is -1.01. The van der Waals surface area contributed by atoms with E-state index in [1.807, 2.05) is 38.7 Å². The van der Waals surface area contributed by atoms with Crippen molar-refractivity contribution in [2.75, 3.05) is 24.5 Å². The molecule has 9 nitrogen and oxygen atoms in total. The van der Waals surface area contributed by atoms with Gasteiger partial charge in [0.1, 0.15) is 18.8 Å². The maximum atomic E-state index is 14.8. The van der Waals surface area contributed by atoms with Crippen LogP contribution in [0.2, 0.25) is 0 Å². The van der Waals surface area contributed by atoms with E-state index in [-0.39, 0.29) is 25.4 Å². The molecule has 39 heavy (non-hydrogen) atoms. The second-order valence-corrected chi connectivity index (χ2v) is 9.92. The normalized spacial score (nSPS) is 17.9. The van der Waals surface area contributed by atoms with E-state index in [4.69, 9.17) is 0 Å². The Kier molecular flexibility index (Phi) is 8.88. The molecule has 1 saturated heterocycles. The number of anilines is 1. The number of benzene rings is 1. The molecule has 2 amide bonds. The number of alkyl halides is 1. The zero-order valence-electron chi connectivity index (χ0n) is 22.7. The Morgan fingerprint density at radius 2 is 1.85 bits per heavy atom. The highest BCUT2D eigenvalue weighted by Gasteiger charge is 2.41. The lowest BCUT2D eigenvalue weighted by molar-refractivity contribution is -0.139. The van der Waals surface area contributed by atoms with Crippen molar-refractivity contribution in [2.45, 2.75) is 64.8 Å². The van der Waals surface area contributed by atoms with Gasteiger partial charge in [0, 0.05) is 25.1 Å². The number of nitrogens with one attached hydrogen (secondary N) is 1. The highest BCUT2D eigenvalue weighted by atomic mass is 19.1. The molecule has 1 aromatic carbocycles. The summed E-state index contributed by atoms with van der Waals surface area (Å²) in [7, 11) is 0. The van der Waals surface area contributed by atoms with E-state index in [0.29, 0.717) is 22.6 Å². The standard InChI is InChI=1S/C28H35F2N7O2/c1-5-35(6-2)24-15-31-37(34-24)17-25(38)36-16-20(29)14-23(36)28(39)33-26(19-10-8-7-9-11-19)22-13-12-21(18(3)4)27(30)32-22/h7-13,15,18,20,23,26H,5-6,14,16-17H2,1-4H3,(H,33,39). The Labute approximate surface area is 227 Å².